The fourth-order valence-electron chi connectivity index (χ4n) is 5.94. The first-order valence-electron chi connectivity index (χ1n) is 17.0. The van der Waals surface area contributed by atoms with Crippen LogP contribution in [0, 0.1) is 18.7 Å². The van der Waals surface area contributed by atoms with Gasteiger partial charge in [0.1, 0.15) is 0 Å². The van der Waals surface area contributed by atoms with Crippen LogP contribution in [0.15, 0.2) is 182 Å². The van der Waals surface area contributed by atoms with Crippen molar-refractivity contribution < 1.29 is 55.9 Å². The van der Waals surface area contributed by atoms with Crippen LogP contribution in [0.1, 0.15) is 6.92 Å². The van der Waals surface area contributed by atoms with Gasteiger partial charge in [0.15, 0.2) is 0 Å². The van der Waals surface area contributed by atoms with Gasteiger partial charge in [0.05, 0.1) is 0 Å². The van der Waals surface area contributed by atoms with E-state index < -0.39 is 39.4 Å². The Kier molecular flexibility index (Phi) is 21.8. The SMILES string of the molecule is CC(CP(c1ccccc1)c1ccccc1)(CP(c1ccccc1)c1ccccc1)CP(c1ccccc1)c1ccccc1.O=S(=O)(O)C(F)(F)F.[C-]#[O+].[C-]#[O+].[Re]. The molecule has 13 heteroatoms. The second-order valence-electron chi connectivity index (χ2n) is 12.5. The van der Waals surface area contributed by atoms with E-state index in [1.165, 1.54) is 31.8 Å². The van der Waals surface area contributed by atoms with Gasteiger partial charge in [-0.1, -0.05) is 189 Å². The minimum absolute atomic E-state index is 0. The third-order valence-electron chi connectivity index (χ3n) is 8.32. The van der Waals surface area contributed by atoms with Crippen LogP contribution in [0.2, 0.25) is 0 Å². The summed E-state index contributed by atoms with van der Waals surface area (Å²) in [6, 6.07) is 67.7. The number of benzene rings is 6. The van der Waals surface area contributed by atoms with E-state index >= 15 is 0 Å². The number of hydrogen-bond donors (Lipinski definition) is 1. The summed E-state index contributed by atoms with van der Waals surface area (Å²) in [7, 11) is -7.51. The maximum Gasteiger partial charge on any atom is 0 e. The molecule has 0 spiro atoms. The Balaban J connectivity index is 0.000000763. The summed E-state index contributed by atoms with van der Waals surface area (Å²) in [5, 5.41) is 8.79. The Morgan fingerprint density at radius 1 is 0.456 bits per heavy atom. The monoisotopic (exact) mass is 1020 g/mol. The fraction of sp³-hybridized carbons (Fsp3) is 0.136. The van der Waals surface area contributed by atoms with Crippen molar-refractivity contribution in [3.05, 3.63) is 195 Å². The molecule has 0 aliphatic rings. The summed E-state index contributed by atoms with van der Waals surface area (Å²) in [4.78, 5) is 0. The molecule has 0 aliphatic heterocycles. The van der Waals surface area contributed by atoms with Crippen LogP contribution in [0.25, 0.3) is 0 Å². The van der Waals surface area contributed by atoms with Crippen LogP contribution in [0.5, 0.6) is 0 Å². The van der Waals surface area contributed by atoms with Gasteiger partial charge in [0, 0.05) is 20.4 Å². The van der Waals surface area contributed by atoms with Crippen molar-refractivity contribution in [2.24, 2.45) is 5.41 Å². The standard InChI is InChI=1S/C41H39P3.CHF3O3S.2CO.Re/c1-41(32-42(35-20-8-2-9-21-35)36-22-10-3-11-23-36,33-43(37-24-12-4-13-25-37)38-26-14-5-15-27-38)34-44(39-28-16-6-17-29-39)40-30-18-7-19-31-40;2-1(3,4)8(5,6)7;2*1-2;/h2-31H,32-34H2,1H3;(H,5,6,7);;;. The normalized spacial score (nSPS) is 11.1. The molecular weight excluding hydrogens is 977 g/mol. The molecule has 5 nitrogen and oxygen atoms in total. The van der Waals surface area contributed by atoms with Crippen LogP contribution in [-0.4, -0.2) is 37.0 Å². The zero-order valence-corrected chi connectivity index (χ0v) is 37.0. The molecule has 6 aromatic rings. The third-order valence-corrected chi connectivity index (χ3v) is 17.7. The summed E-state index contributed by atoms with van der Waals surface area (Å²) in [6.07, 6.45) is 3.44. The molecule has 0 aliphatic carbocycles. The smallest absolute Gasteiger partial charge is 0 e. The molecule has 0 atom stereocenters. The van der Waals surface area contributed by atoms with Crippen molar-refractivity contribution in [3.8, 4) is 0 Å². The van der Waals surface area contributed by atoms with Crippen molar-refractivity contribution in [2.75, 3.05) is 18.5 Å². The van der Waals surface area contributed by atoms with E-state index in [4.69, 9.17) is 22.3 Å². The van der Waals surface area contributed by atoms with Gasteiger partial charge in [0.2, 0.25) is 0 Å². The van der Waals surface area contributed by atoms with Gasteiger partial charge in [-0.25, -0.2) is 0 Å². The topological polar surface area (TPSA) is 94.2 Å². The maximum atomic E-state index is 10.7. The minimum atomic E-state index is -5.84. The van der Waals surface area contributed by atoms with Crippen molar-refractivity contribution >= 4 is 65.7 Å². The Labute approximate surface area is 351 Å². The van der Waals surface area contributed by atoms with Gasteiger partial charge in [0.25, 0.3) is 0 Å². The average Bonchev–Trinajstić information content (AvgIpc) is 3.24. The van der Waals surface area contributed by atoms with Crippen molar-refractivity contribution in [1.29, 1.82) is 0 Å². The van der Waals surface area contributed by atoms with Gasteiger partial charge >= 0.3 is 38.2 Å². The van der Waals surface area contributed by atoms with Crippen LogP contribution >= 0.6 is 23.8 Å². The quantitative estimate of drug-likeness (QED) is 0.0438. The molecule has 0 saturated carbocycles. The van der Waals surface area contributed by atoms with E-state index in [0.29, 0.717) is 0 Å². The first-order chi connectivity index (χ1) is 26.9. The van der Waals surface area contributed by atoms with Gasteiger partial charge in [-0.2, -0.15) is 21.6 Å². The maximum absolute atomic E-state index is 10.7. The van der Waals surface area contributed by atoms with E-state index in [1.54, 1.807) is 0 Å². The summed E-state index contributed by atoms with van der Waals surface area (Å²) >= 11 is 0. The molecule has 1 N–H and O–H groups in total. The van der Waals surface area contributed by atoms with Crippen LogP contribution in [-0.2, 0) is 39.8 Å². The third kappa shape index (κ3) is 15.6. The predicted octanol–water partition coefficient (Wildman–Crippen LogP) is 8.71. The zero-order chi connectivity index (χ0) is 41.0. The second kappa shape index (κ2) is 25.1. The molecule has 0 fully saturated rings. The van der Waals surface area contributed by atoms with E-state index in [-0.39, 0.29) is 25.8 Å². The predicted molar refractivity (Wildman–Crippen MR) is 225 cm³/mol. The second-order valence-corrected chi connectivity index (χ2v) is 20.5. The minimum Gasteiger partial charge on any atom is 0 e. The molecule has 0 unspecified atom stereocenters. The molecule has 0 heterocycles. The Morgan fingerprint density at radius 3 is 0.719 bits per heavy atom. The molecular formula is C44H40F3O5P3ReS. The number of alkyl halides is 3. The van der Waals surface area contributed by atoms with E-state index in [0.717, 1.165) is 18.5 Å². The number of halogens is 3. The summed E-state index contributed by atoms with van der Waals surface area (Å²) < 4.78 is 72.5. The first kappa shape index (κ1) is 49.6. The first-order valence-corrected chi connectivity index (χ1v) is 23.0. The largest absolute Gasteiger partial charge is 0 e. The van der Waals surface area contributed by atoms with Crippen molar-refractivity contribution in [1.82, 2.24) is 0 Å². The van der Waals surface area contributed by atoms with E-state index in [9.17, 15) is 13.2 Å². The average molecular weight is 1020 g/mol. The van der Waals surface area contributed by atoms with Gasteiger partial charge in [-0.3, -0.25) is 4.55 Å². The molecule has 57 heavy (non-hydrogen) atoms. The summed E-state index contributed by atoms with van der Waals surface area (Å²) in [5.74, 6) is 0. The summed E-state index contributed by atoms with van der Waals surface area (Å²) in [6.45, 7) is 11.6. The van der Waals surface area contributed by atoms with Crippen LogP contribution in [0.4, 0.5) is 13.2 Å². The molecule has 1 radical (unpaired) electrons. The van der Waals surface area contributed by atoms with Crippen molar-refractivity contribution in [2.45, 2.75) is 12.4 Å². The number of hydrogen-bond acceptors (Lipinski definition) is 2. The Hall–Kier alpha value is -3.55. The molecule has 6 rings (SSSR count). The van der Waals surface area contributed by atoms with Crippen LogP contribution in [0.3, 0.4) is 0 Å². The Bertz CT molecular complexity index is 1820. The van der Waals surface area contributed by atoms with Gasteiger partial charge in [-0.15, -0.1) is 0 Å². The molecule has 6 aromatic carbocycles. The molecule has 0 aromatic heterocycles. The molecule has 295 valence electrons. The van der Waals surface area contributed by atoms with Gasteiger partial charge in [-0.05, 0) is 79.5 Å². The molecule has 0 bridgehead atoms. The Morgan fingerprint density at radius 2 is 0.596 bits per heavy atom. The van der Waals surface area contributed by atoms with Gasteiger partial charge < -0.3 is 0 Å². The molecule has 0 amide bonds. The van der Waals surface area contributed by atoms with E-state index in [1.807, 2.05) is 0 Å². The van der Waals surface area contributed by atoms with E-state index in [2.05, 4.69) is 202 Å². The van der Waals surface area contributed by atoms with Crippen molar-refractivity contribution in [3.63, 3.8) is 0 Å². The summed E-state index contributed by atoms with van der Waals surface area (Å²) in [5.41, 5.74) is -5.46. The molecule has 0 saturated heterocycles. The van der Waals surface area contributed by atoms with Crippen LogP contribution < -0.4 is 31.8 Å². The fourth-order valence-corrected chi connectivity index (χ4v) is 14.6. The number of rotatable bonds is 12. The zero-order valence-electron chi connectivity index (χ0n) is 30.8.